The van der Waals surface area contributed by atoms with Crippen molar-refractivity contribution in [2.45, 2.75) is 0 Å². The molecule has 1 radical (unpaired) electrons. The lowest BCUT2D eigenvalue weighted by Crippen LogP contribution is -1.91. The van der Waals surface area contributed by atoms with Gasteiger partial charge in [-0.1, -0.05) is 0 Å². The molecule has 0 N–H and O–H groups in total. The lowest BCUT2D eigenvalue weighted by atomic mass is 10.2. The van der Waals surface area contributed by atoms with Crippen molar-refractivity contribution in [3.8, 4) is 0 Å². The third kappa shape index (κ3) is 0.320. The first-order chi connectivity index (χ1) is 3.97. The van der Waals surface area contributed by atoms with Gasteiger partial charge in [0.1, 0.15) is 0 Å². The maximum atomic E-state index is 3.96. The molecule has 0 fully saturated rings. The molecule has 0 aliphatic carbocycles. The van der Waals surface area contributed by atoms with Crippen molar-refractivity contribution in [1.82, 2.24) is 0 Å². The van der Waals surface area contributed by atoms with Gasteiger partial charge in [-0.2, -0.15) is 0 Å². The third-order valence-corrected chi connectivity index (χ3v) is 1.10. The van der Waals surface area contributed by atoms with Crippen LogP contribution < -0.4 is 0 Å². The highest BCUT2D eigenvalue weighted by atomic mass is 14.8. The van der Waals surface area contributed by atoms with E-state index < -0.39 is 0 Å². The average Bonchev–Trinajstić information content (AvgIpc) is 2.15. The number of aliphatic imine (C=N–C) groups is 2. The molecule has 2 heteroatoms. The van der Waals surface area contributed by atoms with E-state index >= 15 is 0 Å². The zero-order valence-electron chi connectivity index (χ0n) is 4.13. The van der Waals surface area contributed by atoms with Crippen molar-refractivity contribution in [2.75, 3.05) is 0 Å². The van der Waals surface area contributed by atoms with Crippen molar-refractivity contribution >= 4 is 11.9 Å². The summed E-state index contributed by atoms with van der Waals surface area (Å²) in [7, 11) is 0. The van der Waals surface area contributed by atoms with Crippen molar-refractivity contribution in [3.05, 3.63) is 24.0 Å². The normalized spacial score (nSPS) is 21.0. The molecule has 2 aliphatic heterocycles. The van der Waals surface area contributed by atoms with Gasteiger partial charge in [0.25, 0.3) is 0 Å². The minimum Gasteiger partial charge on any atom is -0.262 e. The summed E-state index contributed by atoms with van der Waals surface area (Å²) in [5, 5.41) is 0. The Labute approximate surface area is 47.0 Å². The molecule has 0 aromatic rings. The van der Waals surface area contributed by atoms with Gasteiger partial charge in [-0.25, -0.2) is 0 Å². The maximum absolute atomic E-state index is 3.96. The minimum atomic E-state index is 0.935. The van der Waals surface area contributed by atoms with Gasteiger partial charge in [0.05, 0.1) is 11.9 Å². The Kier molecular flexibility index (Phi) is 0.545. The molecule has 2 aliphatic rings. The summed E-state index contributed by atoms with van der Waals surface area (Å²) < 4.78 is 0. The molecule has 0 saturated carbocycles. The minimum absolute atomic E-state index is 0.935. The fourth-order valence-electron chi connectivity index (χ4n) is 0.704. The Balaban J connectivity index is 2.59. The predicted molar refractivity (Wildman–Crippen MR) is 31.8 cm³/mol. The largest absolute Gasteiger partial charge is 0.262 e. The quantitative estimate of drug-likeness (QED) is 0.431. The molecule has 0 amide bonds. The van der Waals surface area contributed by atoms with E-state index in [1.807, 2.05) is 0 Å². The molecular formula is C6H3N2. The maximum Gasteiger partial charge on any atom is 0.0907 e. The van der Waals surface area contributed by atoms with Crippen LogP contribution in [-0.2, 0) is 0 Å². The number of rotatable bonds is 0. The van der Waals surface area contributed by atoms with Crippen LogP contribution in [0.3, 0.4) is 0 Å². The van der Waals surface area contributed by atoms with Crippen molar-refractivity contribution in [2.24, 2.45) is 9.98 Å². The lowest BCUT2D eigenvalue weighted by Gasteiger charge is -1.79. The number of allylic oxidation sites excluding steroid dienone is 2. The predicted octanol–water partition coefficient (Wildman–Crippen LogP) is 0.726. The van der Waals surface area contributed by atoms with Gasteiger partial charge < -0.3 is 0 Å². The van der Waals surface area contributed by atoms with E-state index in [1.54, 1.807) is 18.6 Å². The van der Waals surface area contributed by atoms with Crippen LogP contribution in [0.2, 0.25) is 0 Å². The smallest absolute Gasteiger partial charge is 0.0907 e. The molecule has 0 aromatic heterocycles. The van der Waals surface area contributed by atoms with Gasteiger partial charge in [-0.05, 0) is 0 Å². The SMILES string of the molecule is [C]1=CN=C2C=NC=C12. The van der Waals surface area contributed by atoms with Gasteiger partial charge in [-0.15, -0.1) is 0 Å². The molecule has 37 valence electrons. The summed E-state index contributed by atoms with van der Waals surface area (Å²) in [6, 6.07) is 0. The summed E-state index contributed by atoms with van der Waals surface area (Å²) in [4.78, 5) is 7.83. The van der Waals surface area contributed by atoms with E-state index in [2.05, 4.69) is 16.1 Å². The molecule has 0 saturated heterocycles. The topological polar surface area (TPSA) is 24.7 Å². The number of fused-ring (bicyclic) bond motifs is 1. The van der Waals surface area contributed by atoms with E-state index in [-0.39, 0.29) is 0 Å². The van der Waals surface area contributed by atoms with Crippen LogP contribution in [0.25, 0.3) is 0 Å². The molecule has 2 nitrogen and oxygen atoms in total. The zero-order valence-corrected chi connectivity index (χ0v) is 4.13. The molecule has 0 aromatic carbocycles. The monoisotopic (exact) mass is 103 g/mol. The third-order valence-electron chi connectivity index (χ3n) is 1.10. The highest BCUT2D eigenvalue weighted by Crippen LogP contribution is 2.10. The Morgan fingerprint density at radius 2 is 2.50 bits per heavy atom. The molecule has 2 rings (SSSR count). The number of hydrogen-bond donors (Lipinski definition) is 0. The number of hydrogen-bond acceptors (Lipinski definition) is 2. The highest BCUT2D eigenvalue weighted by Gasteiger charge is 2.08. The molecular weight excluding hydrogens is 100 g/mol. The van der Waals surface area contributed by atoms with E-state index in [0.29, 0.717) is 0 Å². The van der Waals surface area contributed by atoms with Gasteiger partial charge >= 0.3 is 0 Å². The standard InChI is InChI=1S/C6H3N2/c1-2-8-6-4-7-3-5(1)6/h2-4H. The van der Waals surface area contributed by atoms with Crippen LogP contribution in [0.5, 0.6) is 0 Å². The van der Waals surface area contributed by atoms with Gasteiger partial charge in [0.2, 0.25) is 0 Å². The second-order valence-electron chi connectivity index (χ2n) is 1.61. The molecule has 2 heterocycles. The summed E-state index contributed by atoms with van der Waals surface area (Å²) in [6.45, 7) is 0. The van der Waals surface area contributed by atoms with Crippen LogP contribution in [0.4, 0.5) is 0 Å². The lowest BCUT2D eigenvalue weighted by molar-refractivity contribution is 1.57. The van der Waals surface area contributed by atoms with E-state index in [9.17, 15) is 0 Å². The number of nitrogens with zero attached hydrogens (tertiary/aromatic N) is 2. The van der Waals surface area contributed by atoms with Crippen LogP contribution in [-0.4, -0.2) is 11.9 Å². The van der Waals surface area contributed by atoms with Crippen molar-refractivity contribution in [3.63, 3.8) is 0 Å². The fourth-order valence-corrected chi connectivity index (χ4v) is 0.704. The van der Waals surface area contributed by atoms with Crippen molar-refractivity contribution in [1.29, 1.82) is 0 Å². The van der Waals surface area contributed by atoms with Crippen LogP contribution in [0, 0.1) is 6.08 Å². The van der Waals surface area contributed by atoms with Crippen LogP contribution in [0.15, 0.2) is 28.0 Å². The second kappa shape index (κ2) is 1.15. The highest BCUT2D eigenvalue weighted by molar-refractivity contribution is 6.41. The van der Waals surface area contributed by atoms with Crippen molar-refractivity contribution < 1.29 is 0 Å². The Bertz CT molecular complexity index is 205. The average molecular weight is 103 g/mol. The summed E-state index contributed by atoms with van der Waals surface area (Å²) in [5.41, 5.74) is 1.94. The Morgan fingerprint density at radius 3 is 3.38 bits per heavy atom. The molecule has 0 bridgehead atoms. The molecule has 8 heavy (non-hydrogen) atoms. The van der Waals surface area contributed by atoms with E-state index in [0.717, 1.165) is 11.3 Å². The molecule has 0 atom stereocenters. The summed E-state index contributed by atoms with van der Waals surface area (Å²) in [6.07, 6.45) is 8.07. The first-order valence-corrected chi connectivity index (χ1v) is 2.36. The van der Waals surface area contributed by atoms with E-state index in [4.69, 9.17) is 0 Å². The zero-order chi connectivity index (χ0) is 5.40. The Hall–Kier alpha value is -1.18. The first kappa shape index (κ1) is 3.78. The van der Waals surface area contributed by atoms with Crippen LogP contribution >= 0.6 is 0 Å². The molecule has 0 spiro atoms. The summed E-state index contributed by atoms with van der Waals surface area (Å²) >= 11 is 0. The van der Waals surface area contributed by atoms with Crippen LogP contribution in [0.1, 0.15) is 0 Å². The van der Waals surface area contributed by atoms with E-state index in [1.165, 1.54) is 0 Å². The fraction of sp³-hybridized carbons (Fsp3) is 0. The summed E-state index contributed by atoms with van der Waals surface area (Å²) in [5.74, 6) is 0. The Morgan fingerprint density at radius 1 is 1.50 bits per heavy atom. The molecule has 0 unspecified atom stereocenters. The second-order valence-corrected chi connectivity index (χ2v) is 1.61. The van der Waals surface area contributed by atoms with Gasteiger partial charge in [0, 0.05) is 24.0 Å². The van der Waals surface area contributed by atoms with Gasteiger partial charge in [0.15, 0.2) is 0 Å². The first-order valence-electron chi connectivity index (χ1n) is 2.36. The van der Waals surface area contributed by atoms with Gasteiger partial charge in [-0.3, -0.25) is 9.98 Å².